The third-order valence-corrected chi connectivity index (χ3v) is 4.56. The lowest BCUT2D eigenvalue weighted by molar-refractivity contribution is -0.396. The van der Waals surface area contributed by atoms with Crippen LogP contribution in [0.5, 0.6) is 0 Å². The molecule has 0 aromatic heterocycles. The van der Waals surface area contributed by atoms with Gasteiger partial charge in [0.05, 0.1) is 39.9 Å². The van der Waals surface area contributed by atoms with Crippen molar-refractivity contribution in [1.29, 1.82) is 0 Å². The maximum Gasteiger partial charge on any atom is 0.292 e. The van der Waals surface area contributed by atoms with Crippen molar-refractivity contribution in [3.05, 3.63) is 38.4 Å². The Hall–Kier alpha value is -2.40. The summed E-state index contributed by atoms with van der Waals surface area (Å²) >= 11 is 0. The lowest BCUT2D eigenvalue weighted by Crippen LogP contribution is -2.42. The van der Waals surface area contributed by atoms with Gasteiger partial charge < -0.3 is 9.64 Å². The van der Waals surface area contributed by atoms with Gasteiger partial charge in [0.25, 0.3) is 11.4 Å². The summed E-state index contributed by atoms with van der Waals surface area (Å²) in [5.74, 6) is -0.821. The number of amides is 1. The maximum atomic E-state index is 12.3. The Kier molecular flexibility index (Phi) is 5.34. The zero-order valence-electron chi connectivity index (χ0n) is 11.9. The highest BCUT2D eigenvalue weighted by Crippen LogP contribution is 2.27. The molecule has 0 N–H and O–H groups in total. The fraction of sp³-hybridized carbons (Fsp3) is 0.417. The van der Waals surface area contributed by atoms with Crippen LogP contribution in [0.4, 0.5) is 11.4 Å². The summed E-state index contributed by atoms with van der Waals surface area (Å²) in [6, 6.07) is 2.82. The van der Waals surface area contributed by atoms with Gasteiger partial charge in [-0.2, -0.15) is 0 Å². The van der Waals surface area contributed by atoms with Crippen molar-refractivity contribution in [3.63, 3.8) is 0 Å². The average Bonchev–Trinajstić information content (AvgIpc) is 2.54. The first kappa shape index (κ1) is 17.0. The van der Waals surface area contributed by atoms with E-state index in [-0.39, 0.29) is 4.90 Å². The standard InChI is InChI=1S/C12H13N3O7S/c16-12(13-3-5-22-6-4-13)8-23(21)11-2-1-9(14(17)18)7-10(11)15(19)20/h1-2,7H,3-6,8H2. The van der Waals surface area contributed by atoms with Crippen LogP contribution in [-0.4, -0.2) is 56.9 Å². The van der Waals surface area contributed by atoms with Crippen molar-refractivity contribution in [2.45, 2.75) is 4.90 Å². The van der Waals surface area contributed by atoms with Crippen LogP contribution in [-0.2, 0) is 20.3 Å². The van der Waals surface area contributed by atoms with E-state index in [1.807, 2.05) is 0 Å². The van der Waals surface area contributed by atoms with Crippen LogP contribution in [0.25, 0.3) is 0 Å². The Bertz CT molecular complexity index is 673. The van der Waals surface area contributed by atoms with Gasteiger partial charge in [0, 0.05) is 19.2 Å². The van der Waals surface area contributed by atoms with Crippen molar-refractivity contribution in [1.82, 2.24) is 4.90 Å². The molecule has 0 aliphatic carbocycles. The number of nitro groups is 2. The molecule has 2 rings (SSSR count). The molecule has 10 nitrogen and oxygen atoms in total. The summed E-state index contributed by atoms with van der Waals surface area (Å²) in [7, 11) is -1.97. The molecule has 1 heterocycles. The molecule has 23 heavy (non-hydrogen) atoms. The summed E-state index contributed by atoms with van der Waals surface area (Å²) in [5, 5.41) is 21.7. The number of rotatable bonds is 5. The Labute approximate surface area is 132 Å². The number of carbonyl (C=O) groups is 1. The monoisotopic (exact) mass is 343 g/mol. The van der Waals surface area contributed by atoms with E-state index in [0.29, 0.717) is 26.3 Å². The fourth-order valence-corrected chi connectivity index (χ4v) is 3.20. The van der Waals surface area contributed by atoms with Gasteiger partial charge in [-0.1, -0.05) is 0 Å². The Morgan fingerprint density at radius 1 is 1.22 bits per heavy atom. The van der Waals surface area contributed by atoms with Gasteiger partial charge in [-0.15, -0.1) is 0 Å². The zero-order chi connectivity index (χ0) is 17.0. The van der Waals surface area contributed by atoms with Crippen LogP contribution in [0.3, 0.4) is 0 Å². The van der Waals surface area contributed by atoms with Crippen LogP contribution < -0.4 is 0 Å². The van der Waals surface area contributed by atoms with E-state index in [1.165, 1.54) is 4.90 Å². The summed E-state index contributed by atoms with van der Waals surface area (Å²) < 4.78 is 17.4. The number of non-ortho nitro benzene ring substituents is 1. The number of morpholine rings is 1. The zero-order valence-corrected chi connectivity index (χ0v) is 12.7. The minimum absolute atomic E-state index is 0.206. The van der Waals surface area contributed by atoms with Crippen molar-refractivity contribution in [2.24, 2.45) is 0 Å². The molecule has 0 radical (unpaired) electrons. The number of nitrogens with zero attached hydrogens (tertiary/aromatic N) is 3. The molecule has 1 saturated heterocycles. The van der Waals surface area contributed by atoms with E-state index < -0.39 is 43.7 Å². The Morgan fingerprint density at radius 2 is 1.87 bits per heavy atom. The molecule has 1 unspecified atom stereocenters. The number of nitro benzene ring substituents is 2. The van der Waals surface area contributed by atoms with Crippen molar-refractivity contribution in [3.8, 4) is 0 Å². The van der Waals surface area contributed by atoms with Crippen LogP contribution >= 0.6 is 0 Å². The quantitative estimate of drug-likeness (QED) is 0.560. The molecule has 1 amide bonds. The molecular weight excluding hydrogens is 330 g/mol. The number of ether oxygens (including phenoxy) is 1. The molecule has 11 heteroatoms. The minimum atomic E-state index is -1.97. The van der Waals surface area contributed by atoms with Crippen molar-refractivity contribution >= 4 is 28.1 Å². The predicted molar refractivity (Wildman–Crippen MR) is 78.4 cm³/mol. The molecule has 1 aliphatic heterocycles. The Morgan fingerprint density at radius 3 is 2.43 bits per heavy atom. The van der Waals surface area contributed by atoms with E-state index in [2.05, 4.69) is 0 Å². The second kappa shape index (κ2) is 7.24. The predicted octanol–water partition coefficient (Wildman–Crippen LogP) is 0.469. The summed E-state index contributed by atoms with van der Waals surface area (Å²) in [5.41, 5.74) is -1.11. The number of carbonyl (C=O) groups excluding carboxylic acids is 1. The molecule has 124 valence electrons. The van der Waals surface area contributed by atoms with Gasteiger partial charge in [-0.25, -0.2) is 0 Å². The van der Waals surface area contributed by atoms with Gasteiger partial charge in [0.15, 0.2) is 0 Å². The summed E-state index contributed by atoms with van der Waals surface area (Å²) in [6.07, 6.45) is 0. The topological polar surface area (TPSA) is 133 Å². The summed E-state index contributed by atoms with van der Waals surface area (Å²) in [4.78, 5) is 33.4. The first-order chi connectivity index (χ1) is 10.9. The van der Waals surface area contributed by atoms with Crippen LogP contribution in [0.15, 0.2) is 23.1 Å². The molecule has 1 aliphatic rings. The van der Waals surface area contributed by atoms with Gasteiger partial charge in [0.1, 0.15) is 10.6 Å². The van der Waals surface area contributed by atoms with Crippen LogP contribution in [0.2, 0.25) is 0 Å². The third-order valence-electron chi connectivity index (χ3n) is 3.21. The fourth-order valence-electron chi connectivity index (χ4n) is 2.05. The highest BCUT2D eigenvalue weighted by molar-refractivity contribution is 7.86. The smallest absolute Gasteiger partial charge is 0.292 e. The van der Waals surface area contributed by atoms with E-state index in [1.54, 1.807) is 0 Å². The first-order valence-corrected chi connectivity index (χ1v) is 7.89. The highest BCUT2D eigenvalue weighted by Gasteiger charge is 2.26. The van der Waals surface area contributed by atoms with Crippen LogP contribution in [0, 0.1) is 20.2 Å². The van der Waals surface area contributed by atoms with Crippen molar-refractivity contribution < 1.29 is 23.6 Å². The van der Waals surface area contributed by atoms with Gasteiger partial charge in [0.2, 0.25) is 5.91 Å². The normalized spacial score (nSPS) is 15.9. The van der Waals surface area contributed by atoms with Crippen LogP contribution in [0.1, 0.15) is 0 Å². The average molecular weight is 343 g/mol. The van der Waals surface area contributed by atoms with Gasteiger partial charge >= 0.3 is 0 Å². The molecule has 1 atom stereocenters. The number of benzene rings is 1. The number of hydrogen-bond donors (Lipinski definition) is 0. The maximum absolute atomic E-state index is 12.3. The molecule has 1 aromatic rings. The van der Waals surface area contributed by atoms with E-state index in [9.17, 15) is 29.2 Å². The molecule has 0 saturated carbocycles. The minimum Gasteiger partial charge on any atom is -0.378 e. The first-order valence-electron chi connectivity index (χ1n) is 6.57. The molecule has 0 spiro atoms. The largest absolute Gasteiger partial charge is 0.378 e. The van der Waals surface area contributed by atoms with Gasteiger partial charge in [-0.3, -0.25) is 29.2 Å². The third kappa shape index (κ3) is 4.07. The summed E-state index contributed by atoms with van der Waals surface area (Å²) in [6.45, 7) is 1.52. The molecule has 1 aromatic carbocycles. The van der Waals surface area contributed by atoms with Crippen molar-refractivity contribution in [2.75, 3.05) is 32.1 Å². The molecule has 0 bridgehead atoms. The Balaban J connectivity index is 2.19. The second-order valence-electron chi connectivity index (χ2n) is 4.65. The number of hydrogen-bond acceptors (Lipinski definition) is 7. The lowest BCUT2D eigenvalue weighted by atomic mass is 10.3. The highest BCUT2D eigenvalue weighted by atomic mass is 32.2. The lowest BCUT2D eigenvalue weighted by Gasteiger charge is -2.26. The molecular formula is C12H13N3O7S. The van der Waals surface area contributed by atoms with E-state index in [0.717, 1.165) is 18.2 Å². The molecule has 1 fully saturated rings. The van der Waals surface area contributed by atoms with Gasteiger partial charge in [-0.05, 0) is 6.07 Å². The van der Waals surface area contributed by atoms with E-state index in [4.69, 9.17) is 4.74 Å². The SMILES string of the molecule is O=C(CS(=O)c1ccc([N+](=O)[O-])cc1[N+](=O)[O-])N1CCOCC1. The second-order valence-corrected chi connectivity index (χ2v) is 6.07. The van der Waals surface area contributed by atoms with E-state index >= 15 is 0 Å².